The van der Waals surface area contributed by atoms with Gasteiger partial charge in [0.15, 0.2) is 0 Å². The molecule has 0 saturated carbocycles. The van der Waals surface area contributed by atoms with Gasteiger partial charge in [0, 0.05) is 5.75 Å². The Morgan fingerprint density at radius 2 is 2.12 bits per heavy atom. The molecule has 0 aliphatic carbocycles. The van der Waals surface area contributed by atoms with Crippen LogP contribution in [0.2, 0.25) is 0 Å². The Morgan fingerprint density at radius 3 is 2.62 bits per heavy atom. The fraction of sp³-hybridized carbons (Fsp3) is 1.00. The Kier molecular flexibility index (Phi) is 7.59. The number of rotatable bonds is 5. The van der Waals surface area contributed by atoms with E-state index >= 15 is 0 Å². The van der Waals surface area contributed by atoms with Gasteiger partial charge < -0.3 is 0 Å². The van der Waals surface area contributed by atoms with E-state index in [1.165, 1.54) is 18.6 Å². The number of thioether (sulfide) groups is 1. The molecule has 1 radical (unpaired) electrons. The molecule has 0 aromatic rings. The van der Waals surface area contributed by atoms with Crippen LogP contribution >= 0.6 is 11.8 Å². The second-order valence-electron chi connectivity index (χ2n) is 1.67. The van der Waals surface area contributed by atoms with Crippen molar-refractivity contribution in [3.8, 4) is 0 Å². The highest BCUT2D eigenvalue weighted by atomic mass is 32.2. The standard InChI is InChI=1S/C6H13OS/c1-2-3-5-8-6-4-7/h2-6H2,1H3. The molecule has 2 heteroatoms. The second kappa shape index (κ2) is 7.31. The van der Waals surface area contributed by atoms with Crippen LogP contribution in [0.25, 0.3) is 0 Å². The third kappa shape index (κ3) is 6.31. The van der Waals surface area contributed by atoms with Crippen LogP contribution in [-0.4, -0.2) is 18.1 Å². The predicted molar refractivity (Wildman–Crippen MR) is 37.8 cm³/mol. The first-order valence-corrected chi connectivity index (χ1v) is 4.23. The highest BCUT2D eigenvalue weighted by Gasteiger charge is 1.84. The summed E-state index contributed by atoms with van der Waals surface area (Å²) in [6.07, 6.45) is 2.50. The fourth-order valence-electron chi connectivity index (χ4n) is 0.407. The molecule has 0 heterocycles. The van der Waals surface area contributed by atoms with Gasteiger partial charge >= 0.3 is 0 Å². The van der Waals surface area contributed by atoms with Crippen LogP contribution in [0.15, 0.2) is 0 Å². The molecule has 0 aromatic carbocycles. The van der Waals surface area contributed by atoms with Gasteiger partial charge in [0.1, 0.15) is 0 Å². The van der Waals surface area contributed by atoms with Crippen molar-refractivity contribution < 1.29 is 5.11 Å². The van der Waals surface area contributed by atoms with Crippen LogP contribution in [0.4, 0.5) is 0 Å². The lowest BCUT2D eigenvalue weighted by atomic mass is 10.4. The molecular formula is C6H13OS. The van der Waals surface area contributed by atoms with Gasteiger partial charge in [-0.05, 0) is 12.2 Å². The first-order chi connectivity index (χ1) is 3.91. The van der Waals surface area contributed by atoms with E-state index in [0.29, 0.717) is 0 Å². The van der Waals surface area contributed by atoms with Gasteiger partial charge in [-0.3, -0.25) is 0 Å². The minimum atomic E-state index is 0.0778. The van der Waals surface area contributed by atoms with E-state index in [1.54, 1.807) is 11.8 Å². The van der Waals surface area contributed by atoms with Gasteiger partial charge in [0.2, 0.25) is 0 Å². The Balaban J connectivity index is 2.53. The molecule has 0 unspecified atom stereocenters. The van der Waals surface area contributed by atoms with Crippen molar-refractivity contribution in [3.05, 3.63) is 0 Å². The topological polar surface area (TPSA) is 19.9 Å². The summed E-state index contributed by atoms with van der Waals surface area (Å²) < 4.78 is 0. The first-order valence-electron chi connectivity index (χ1n) is 3.07. The quantitative estimate of drug-likeness (QED) is 0.525. The third-order valence-corrected chi connectivity index (χ3v) is 1.90. The highest BCUT2D eigenvalue weighted by molar-refractivity contribution is 7.99. The maximum absolute atomic E-state index is 9.87. The second-order valence-corrected chi connectivity index (χ2v) is 2.89. The molecule has 0 aromatic heterocycles. The van der Waals surface area contributed by atoms with Crippen molar-refractivity contribution in [1.29, 1.82) is 0 Å². The van der Waals surface area contributed by atoms with Crippen LogP contribution in [0.5, 0.6) is 0 Å². The van der Waals surface area contributed by atoms with Crippen LogP contribution in [0.3, 0.4) is 0 Å². The minimum absolute atomic E-state index is 0.0778. The van der Waals surface area contributed by atoms with E-state index in [4.69, 9.17) is 0 Å². The molecular weight excluding hydrogens is 120 g/mol. The van der Waals surface area contributed by atoms with E-state index in [0.717, 1.165) is 5.75 Å². The SMILES string of the molecule is CCCCSCC[O]. The Hall–Kier alpha value is 0.310. The van der Waals surface area contributed by atoms with E-state index in [2.05, 4.69) is 6.92 Å². The molecule has 0 amide bonds. The Morgan fingerprint density at radius 1 is 1.38 bits per heavy atom. The first kappa shape index (κ1) is 8.31. The lowest BCUT2D eigenvalue weighted by Crippen LogP contribution is -1.85. The average Bonchev–Trinajstić information content (AvgIpc) is 1.81. The van der Waals surface area contributed by atoms with Crippen molar-refractivity contribution in [2.24, 2.45) is 0 Å². The maximum atomic E-state index is 9.87. The normalized spacial score (nSPS) is 9.75. The zero-order chi connectivity index (χ0) is 6.24. The Bertz CT molecular complexity index is 33.5. The van der Waals surface area contributed by atoms with Gasteiger partial charge in [0.25, 0.3) is 0 Å². The number of hydrogen-bond acceptors (Lipinski definition) is 1. The van der Waals surface area contributed by atoms with Crippen molar-refractivity contribution in [1.82, 2.24) is 0 Å². The van der Waals surface area contributed by atoms with Crippen molar-refractivity contribution in [2.45, 2.75) is 19.8 Å². The summed E-state index contributed by atoms with van der Waals surface area (Å²) in [4.78, 5) is 0. The maximum Gasteiger partial charge on any atom is 0.0912 e. The summed E-state index contributed by atoms with van der Waals surface area (Å²) in [6, 6.07) is 0. The van der Waals surface area contributed by atoms with E-state index in [-0.39, 0.29) is 6.61 Å². The summed E-state index contributed by atoms with van der Waals surface area (Å²) in [7, 11) is 0. The van der Waals surface area contributed by atoms with Crippen LogP contribution in [0, 0.1) is 0 Å². The molecule has 49 valence electrons. The van der Waals surface area contributed by atoms with Crippen molar-refractivity contribution in [2.75, 3.05) is 18.1 Å². The summed E-state index contributed by atoms with van der Waals surface area (Å²) in [5.41, 5.74) is 0. The van der Waals surface area contributed by atoms with E-state index in [1.807, 2.05) is 0 Å². The Labute approximate surface area is 55.5 Å². The monoisotopic (exact) mass is 133 g/mol. The summed E-state index contributed by atoms with van der Waals surface area (Å²) in [5, 5.41) is 9.87. The van der Waals surface area contributed by atoms with Gasteiger partial charge in [-0.15, -0.1) is 0 Å². The molecule has 0 aliphatic heterocycles. The van der Waals surface area contributed by atoms with Crippen molar-refractivity contribution >= 4 is 11.8 Å². The summed E-state index contributed by atoms with van der Waals surface area (Å²) >= 11 is 1.77. The zero-order valence-electron chi connectivity index (χ0n) is 5.35. The molecule has 0 spiro atoms. The van der Waals surface area contributed by atoms with Gasteiger partial charge in [-0.1, -0.05) is 13.3 Å². The molecule has 0 N–H and O–H groups in total. The molecule has 0 aliphatic rings. The molecule has 0 bridgehead atoms. The third-order valence-electron chi connectivity index (χ3n) is 0.870. The number of hydrogen-bond donors (Lipinski definition) is 0. The predicted octanol–water partition coefficient (Wildman–Crippen LogP) is 1.95. The zero-order valence-corrected chi connectivity index (χ0v) is 6.17. The summed E-state index contributed by atoms with van der Waals surface area (Å²) in [6.45, 7) is 2.24. The lowest BCUT2D eigenvalue weighted by Gasteiger charge is -1.93. The lowest BCUT2D eigenvalue weighted by molar-refractivity contribution is 0.215. The molecule has 0 rings (SSSR count). The molecule has 0 fully saturated rings. The molecule has 0 saturated heterocycles. The van der Waals surface area contributed by atoms with Gasteiger partial charge in [-0.25, -0.2) is 5.11 Å². The smallest absolute Gasteiger partial charge is 0.0912 e. The van der Waals surface area contributed by atoms with E-state index < -0.39 is 0 Å². The molecule has 8 heavy (non-hydrogen) atoms. The van der Waals surface area contributed by atoms with Crippen LogP contribution in [0.1, 0.15) is 19.8 Å². The van der Waals surface area contributed by atoms with E-state index in [9.17, 15) is 5.11 Å². The number of unbranched alkanes of at least 4 members (excludes halogenated alkanes) is 1. The average molecular weight is 133 g/mol. The van der Waals surface area contributed by atoms with Crippen LogP contribution < -0.4 is 0 Å². The largest absolute Gasteiger partial charge is 0.236 e. The van der Waals surface area contributed by atoms with Crippen molar-refractivity contribution in [3.63, 3.8) is 0 Å². The van der Waals surface area contributed by atoms with Crippen LogP contribution in [-0.2, 0) is 5.11 Å². The van der Waals surface area contributed by atoms with Gasteiger partial charge in [0.05, 0.1) is 6.61 Å². The highest BCUT2D eigenvalue weighted by Crippen LogP contribution is 2.02. The fourth-order valence-corrected chi connectivity index (χ4v) is 1.22. The molecule has 0 atom stereocenters. The minimum Gasteiger partial charge on any atom is -0.236 e. The molecule has 1 nitrogen and oxygen atoms in total. The van der Waals surface area contributed by atoms with Gasteiger partial charge in [-0.2, -0.15) is 11.8 Å². The summed E-state index contributed by atoms with van der Waals surface area (Å²) in [5.74, 6) is 1.96.